The van der Waals surface area contributed by atoms with E-state index in [4.69, 9.17) is 9.15 Å². The quantitative estimate of drug-likeness (QED) is 0.824. The lowest BCUT2D eigenvalue weighted by atomic mass is 9.74. The summed E-state index contributed by atoms with van der Waals surface area (Å²) in [5, 5.41) is 8.24. The van der Waals surface area contributed by atoms with Crippen LogP contribution in [0.25, 0.3) is 0 Å². The Morgan fingerprint density at radius 1 is 1.28 bits per heavy atom. The first-order chi connectivity index (χ1) is 11.8. The molecule has 0 saturated carbocycles. The molecule has 1 aromatic rings. The predicted molar refractivity (Wildman–Crippen MR) is 91.9 cm³/mol. The fraction of sp³-hybridized carbons (Fsp3) is 0.737. The van der Waals surface area contributed by atoms with Crippen LogP contribution in [0.2, 0.25) is 0 Å². The van der Waals surface area contributed by atoms with Gasteiger partial charge in [0.25, 0.3) is 0 Å². The van der Waals surface area contributed by atoms with E-state index in [1.165, 1.54) is 5.57 Å². The second-order valence-electron chi connectivity index (χ2n) is 8.78. The molecule has 2 fully saturated rings. The van der Waals surface area contributed by atoms with Crippen molar-refractivity contribution in [3.05, 3.63) is 22.9 Å². The molecule has 1 aliphatic carbocycles. The van der Waals surface area contributed by atoms with Crippen molar-refractivity contribution in [1.82, 2.24) is 15.1 Å². The molecular weight excluding hydrogens is 318 g/mol. The molecule has 1 amide bonds. The molecule has 0 bridgehead atoms. The van der Waals surface area contributed by atoms with Crippen LogP contribution in [-0.2, 0) is 14.9 Å². The van der Waals surface area contributed by atoms with Crippen molar-refractivity contribution in [2.24, 2.45) is 11.3 Å². The zero-order chi connectivity index (χ0) is 17.8. The summed E-state index contributed by atoms with van der Waals surface area (Å²) >= 11 is 0. The molecule has 0 aromatic carbocycles. The smallest absolute Gasteiger partial charge is 0.249 e. The number of hydrogen-bond donors (Lipinski definition) is 0. The molecule has 6 nitrogen and oxygen atoms in total. The highest BCUT2D eigenvalue weighted by atomic mass is 16.5. The molecule has 2 atom stereocenters. The van der Waals surface area contributed by atoms with Crippen molar-refractivity contribution in [3.63, 3.8) is 0 Å². The third kappa shape index (κ3) is 2.71. The van der Waals surface area contributed by atoms with E-state index in [1.54, 1.807) is 6.92 Å². The topological polar surface area (TPSA) is 68.5 Å². The van der Waals surface area contributed by atoms with Crippen LogP contribution in [0.1, 0.15) is 51.8 Å². The van der Waals surface area contributed by atoms with E-state index in [0.29, 0.717) is 43.5 Å². The van der Waals surface area contributed by atoms with Crippen LogP contribution in [0, 0.1) is 18.3 Å². The van der Waals surface area contributed by atoms with Crippen LogP contribution in [0.4, 0.5) is 0 Å². The van der Waals surface area contributed by atoms with E-state index in [0.717, 1.165) is 24.8 Å². The third-order valence-electron chi connectivity index (χ3n) is 6.18. The molecule has 2 saturated heterocycles. The Balaban J connectivity index is 1.59. The maximum atomic E-state index is 13.2. The lowest BCUT2D eigenvalue weighted by molar-refractivity contribution is -0.127. The average molecular weight is 345 g/mol. The summed E-state index contributed by atoms with van der Waals surface area (Å²) in [7, 11) is 0. The van der Waals surface area contributed by atoms with Gasteiger partial charge in [-0.15, -0.1) is 10.2 Å². The minimum atomic E-state index is -0.334. The molecule has 25 heavy (non-hydrogen) atoms. The highest BCUT2D eigenvalue weighted by molar-refractivity contribution is 5.94. The van der Waals surface area contributed by atoms with Crippen LogP contribution in [0.5, 0.6) is 0 Å². The van der Waals surface area contributed by atoms with E-state index in [1.807, 2.05) is 4.90 Å². The Morgan fingerprint density at radius 3 is 2.76 bits per heavy atom. The fourth-order valence-electron chi connectivity index (χ4n) is 4.76. The van der Waals surface area contributed by atoms with Gasteiger partial charge in [-0.05, 0) is 31.6 Å². The van der Waals surface area contributed by atoms with Crippen molar-refractivity contribution in [1.29, 1.82) is 0 Å². The SMILES string of the molecule is CC1=C(C(=O)N2C[C@H]3COC[C@@]3(c3nnc(C)o3)C2)CCC(C)(C)C1. The molecule has 4 rings (SSSR count). The van der Waals surface area contributed by atoms with Crippen molar-refractivity contribution in [2.45, 2.75) is 52.4 Å². The Kier molecular flexibility index (Phi) is 3.79. The summed E-state index contributed by atoms with van der Waals surface area (Å²) in [6, 6.07) is 0. The van der Waals surface area contributed by atoms with Gasteiger partial charge in [0.15, 0.2) is 0 Å². The highest BCUT2D eigenvalue weighted by Gasteiger charge is 2.56. The van der Waals surface area contributed by atoms with E-state index in [2.05, 4.69) is 31.0 Å². The highest BCUT2D eigenvalue weighted by Crippen LogP contribution is 2.45. The zero-order valence-electron chi connectivity index (χ0n) is 15.6. The zero-order valence-corrected chi connectivity index (χ0v) is 15.6. The number of hydrogen-bond acceptors (Lipinski definition) is 5. The normalized spacial score (nSPS) is 31.5. The molecular formula is C19H27N3O3. The largest absolute Gasteiger partial charge is 0.425 e. The molecule has 0 N–H and O–H groups in total. The second kappa shape index (κ2) is 5.66. The molecule has 6 heteroatoms. The van der Waals surface area contributed by atoms with E-state index < -0.39 is 0 Å². The summed E-state index contributed by atoms with van der Waals surface area (Å²) < 4.78 is 11.5. The van der Waals surface area contributed by atoms with Crippen LogP contribution >= 0.6 is 0 Å². The number of carbonyl (C=O) groups excluding carboxylic acids is 1. The standard InChI is InChI=1S/C19H27N3O3/c1-12-7-18(3,4)6-5-15(12)16(23)22-8-14-9-24-11-19(14,10-22)17-21-20-13(2)25-17/h14H,5-11H2,1-4H3/t14-,19-/m0/s1. The first-order valence-electron chi connectivity index (χ1n) is 9.17. The summed E-state index contributed by atoms with van der Waals surface area (Å²) in [5.41, 5.74) is 2.22. The minimum Gasteiger partial charge on any atom is -0.425 e. The first kappa shape index (κ1) is 16.8. The van der Waals surface area contributed by atoms with E-state index in [-0.39, 0.29) is 17.2 Å². The van der Waals surface area contributed by atoms with Crippen LogP contribution in [0.15, 0.2) is 15.6 Å². The minimum absolute atomic E-state index is 0.193. The molecule has 0 spiro atoms. The fourth-order valence-corrected chi connectivity index (χ4v) is 4.76. The van der Waals surface area contributed by atoms with Crippen LogP contribution in [0.3, 0.4) is 0 Å². The number of nitrogens with zero attached hydrogens (tertiary/aromatic N) is 3. The number of carbonyl (C=O) groups is 1. The Hall–Kier alpha value is -1.69. The molecule has 3 heterocycles. The summed E-state index contributed by atoms with van der Waals surface area (Å²) in [6.45, 7) is 11.0. The number of aromatic nitrogens is 2. The second-order valence-corrected chi connectivity index (χ2v) is 8.78. The number of fused-ring (bicyclic) bond motifs is 1. The van der Waals surface area contributed by atoms with Gasteiger partial charge in [-0.25, -0.2) is 0 Å². The van der Waals surface area contributed by atoms with E-state index >= 15 is 0 Å². The van der Waals surface area contributed by atoms with Gasteiger partial charge in [0, 0.05) is 31.5 Å². The molecule has 0 unspecified atom stereocenters. The van der Waals surface area contributed by atoms with Crippen molar-refractivity contribution >= 4 is 5.91 Å². The lowest BCUT2D eigenvalue weighted by Gasteiger charge is -2.33. The van der Waals surface area contributed by atoms with Gasteiger partial charge < -0.3 is 14.1 Å². The number of aryl methyl sites for hydroxylation is 1. The van der Waals surface area contributed by atoms with Gasteiger partial charge in [-0.3, -0.25) is 4.79 Å². The monoisotopic (exact) mass is 345 g/mol. The number of allylic oxidation sites excluding steroid dienone is 1. The first-order valence-corrected chi connectivity index (χ1v) is 9.17. The van der Waals surface area contributed by atoms with E-state index in [9.17, 15) is 4.79 Å². The number of amides is 1. The van der Waals surface area contributed by atoms with Crippen LogP contribution in [-0.4, -0.2) is 47.3 Å². The maximum absolute atomic E-state index is 13.2. The third-order valence-corrected chi connectivity index (χ3v) is 6.18. The van der Waals surface area contributed by atoms with Gasteiger partial charge in [-0.1, -0.05) is 19.4 Å². The summed E-state index contributed by atoms with van der Waals surface area (Å²) in [4.78, 5) is 15.2. The number of ether oxygens (including phenoxy) is 1. The van der Waals surface area contributed by atoms with Crippen molar-refractivity contribution in [2.75, 3.05) is 26.3 Å². The van der Waals surface area contributed by atoms with Crippen LogP contribution < -0.4 is 0 Å². The van der Waals surface area contributed by atoms with Gasteiger partial charge in [0.1, 0.15) is 0 Å². The van der Waals surface area contributed by atoms with Crippen molar-refractivity contribution in [3.8, 4) is 0 Å². The Labute approximate surface area is 148 Å². The molecule has 136 valence electrons. The Bertz CT molecular complexity index is 736. The molecule has 0 radical (unpaired) electrons. The van der Waals surface area contributed by atoms with Gasteiger partial charge in [-0.2, -0.15) is 0 Å². The average Bonchev–Trinajstić information content (AvgIpc) is 3.19. The summed E-state index contributed by atoms with van der Waals surface area (Å²) in [5.74, 6) is 1.61. The predicted octanol–water partition coefficient (Wildman–Crippen LogP) is 2.63. The van der Waals surface area contributed by atoms with Gasteiger partial charge >= 0.3 is 0 Å². The maximum Gasteiger partial charge on any atom is 0.249 e. The van der Waals surface area contributed by atoms with Gasteiger partial charge in [0.05, 0.1) is 18.6 Å². The summed E-state index contributed by atoms with van der Waals surface area (Å²) in [6.07, 6.45) is 2.95. The number of rotatable bonds is 2. The molecule has 2 aliphatic heterocycles. The van der Waals surface area contributed by atoms with Gasteiger partial charge in [0.2, 0.25) is 17.7 Å². The number of likely N-dealkylation sites (tertiary alicyclic amines) is 1. The Morgan fingerprint density at radius 2 is 2.08 bits per heavy atom. The molecule has 3 aliphatic rings. The lowest BCUT2D eigenvalue weighted by Crippen LogP contribution is -2.38. The molecule has 1 aromatic heterocycles. The van der Waals surface area contributed by atoms with Crippen molar-refractivity contribution < 1.29 is 13.9 Å².